The molecule has 1 N–H and O–H groups in total. The molecule has 3 rings (SSSR count). The summed E-state index contributed by atoms with van der Waals surface area (Å²) < 4.78 is 28.9. The van der Waals surface area contributed by atoms with Crippen LogP contribution in [0.15, 0.2) is 77.7 Å². The SMILES string of the molecule is C[C@H](NC(=O)c1ccc(OCc2ccccc2Cl)cc1)c1ccc(S(C)(=O)=O)cc1. The molecule has 3 aromatic rings. The molecule has 0 aliphatic rings. The van der Waals surface area contributed by atoms with Crippen molar-refractivity contribution in [1.82, 2.24) is 5.32 Å². The number of carbonyl (C=O) groups is 1. The molecule has 30 heavy (non-hydrogen) atoms. The second-order valence-electron chi connectivity index (χ2n) is 6.94. The van der Waals surface area contributed by atoms with Gasteiger partial charge in [-0.1, -0.05) is 41.9 Å². The second-order valence-corrected chi connectivity index (χ2v) is 9.36. The zero-order chi connectivity index (χ0) is 21.7. The fourth-order valence-electron chi connectivity index (χ4n) is 2.85. The highest BCUT2D eigenvalue weighted by Crippen LogP contribution is 2.20. The first-order valence-electron chi connectivity index (χ1n) is 9.31. The Kier molecular flexibility index (Phi) is 6.80. The predicted octanol–water partition coefficient (Wildman–Crippen LogP) is 4.81. The molecule has 0 unspecified atom stereocenters. The number of sulfone groups is 1. The van der Waals surface area contributed by atoms with Gasteiger partial charge in [-0.25, -0.2) is 8.42 Å². The summed E-state index contributed by atoms with van der Waals surface area (Å²) in [5.74, 6) is 0.406. The zero-order valence-corrected chi connectivity index (χ0v) is 18.2. The Balaban J connectivity index is 1.59. The molecule has 3 aromatic carbocycles. The summed E-state index contributed by atoms with van der Waals surface area (Å²) in [4.78, 5) is 12.8. The molecule has 7 heteroatoms. The lowest BCUT2D eigenvalue weighted by Gasteiger charge is -2.15. The van der Waals surface area contributed by atoms with Crippen LogP contribution in [0.2, 0.25) is 5.02 Å². The molecule has 1 amide bonds. The fourth-order valence-corrected chi connectivity index (χ4v) is 3.67. The third-order valence-corrected chi connectivity index (χ3v) is 6.12. The smallest absolute Gasteiger partial charge is 0.251 e. The second kappa shape index (κ2) is 9.32. The number of hydrogen-bond acceptors (Lipinski definition) is 4. The van der Waals surface area contributed by atoms with Crippen LogP contribution in [0.4, 0.5) is 0 Å². The van der Waals surface area contributed by atoms with Gasteiger partial charge in [-0.2, -0.15) is 0 Å². The van der Waals surface area contributed by atoms with Crippen LogP contribution in [0.3, 0.4) is 0 Å². The van der Waals surface area contributed by atoms with Crippen molar-refractivity contribution in [3.8, 4) is 5.75 Å². The van der Waals surface area contributed by atoms with Gasteiger partial charge in [0.1, 0.15) is 12.4 Å². The van der Waals surface area contributed by atoms with Crippen molar-refractivity contribution < 1.29 is 17.9 Å². The quantitative estimate of drug-likeness (QED) is 0.568. The third-order valence-electron chi connectivity index (χ3n) is 4.62. The summed E-state index contributed by atoms with van der Waals surface area (Å²) in [6, 6.07) is 20.5. The minimum absolute atomic E-state index is 0.229. The molecule has 0 aromatic heterocycles. The molecule has 5 nitrogen and oxygen atoms in total. The summed E-state index contributed by atoms with van der Waals surface area (Å²) in [5, 5.41) is 3.55. The normalized spacial score (nSPS) is 12.2. The van der Waals surface area contributed by atoms with E-state index in [0.29, 0.717) is 22.9 Å². The molecule has 1 atom stereocenters. The van der Waals surface area contributed by atoms with Crippen molar-refractivity contribution in [2.24, 2.45) is 0 Å². The Hall–Kier alpha value is -2.83. The first kappa shape index (κ1) is 21.9. The van der Waals surface area contributed by atoms with Gasteiger partial charge < -0.3 is 10.1 Å². The van der Waals surface area contributed by atoms with E-state index < -0.39 is 9.84 Å². The number of halogens is 1. The lowest BCUT2D eigenvalue weighted by Crippen LogP contribution is -2.26. The number of hydrogen-bond donors (Lipinski definition) is 1. The van der Waals surface area contributed by atoms with E-state index in [0.717, 1.165) is 17.4 Å². The maximum Gasteiger partial charge on any atom is 0.251 e. The van der Waals surface area contributed by atoms with Gasteiger partial charge in [0.15, 0.2) is 9.84 Å². The maximum absolute atomic E-state index is 12.5. The Labute approximate surface area is 181 Å². The number of nitrogens with one attached hydrogen (secondary N) is 1. The molecular formula is C23H22ClNO4S. The summed E-state index contributed by atoms with van der Waals surface area (Å²) in [6.07, 6.45) is 1.16. The summed E-state index contributed by atoms with van der Waals surface area (Å²) >= 11 is 6.12. The van der Waals surface area contributed by atoms with Crippen LogP contribution in [0.1, 0.15) is 34.5 Å². The van der Waals surface area contributed by atoms with Crippen LogP contribution in [0.25, 0.3) is 0 Å². The Morgan fingerprint density at radius 3 is 2.23 bits per heavy atom. The van der Waals surface area contributed by atoms with Crippen molar-refractivity contribution in [2.45, 2.75) is 24.5 Å². The number of amides is 1. The monoisotopic (exact) mass is 443 g/mol. The molecular weight excluding hydrogens is 422 g/mol. The van der Waals surface area contributed by atoms with E-state index in [4.69, 9.17) is 16.3 Å². The lowest BCUT2D eigenvalue weighted by atomic mass is 10.1. The number of ether oxygens (including phenoxy) is 1. The molecule has 0 saturated carbocycles. The molecule has 0 fully saturated rings. The summed E-state index contributed by atoms with van der Waals surface area (Å²) in [7, 11) is -3.25. The van der Waals surface area contributed by atoms with Crippen molar-refractivity contribution in [2.75, 3.05) is 6.26 Å². The maximum atomic E-state index is 12.5. The van der Waals surface area contributed by atoms with Crippen molar-refractivity contribution >= 4 is 27.3 Å². The van der Waals surface area contributed by atoms with Crippen LogP contribution in [-0.4, -0.2) is 20.6 Å². The van der Waals surface area contributed by atoms with E-state index in [1.807, 2.05) is 31.2 Å². The van der Waals surface area contributed by atoms with Crippen LogP contribution in [0, 0.1) is 0 Å². The average Bonchev–Trinajstić information content (AvgIpc) is 2.73. The van der Waals surface area contributed by atoms with Crippen molar-refractivity contribution in [3.05, 3.63) is 94.5 Å². The lowest BCUT2D eigenvalue weighted by molar-refractivity contribution is 0.0940. The Morgan fingerprint density at radius 1 is 1.00 bits per heavy atom. The van der Waals surface area contributed by atoms with Crippen LogP contribution in [-0.2, 0) is 16.4 Å². The Morgan fingerprint density at radius 2 is 1.63 bits per heavy atom. The topological polar surface area (TPSA) is 72.5 Å². The van der Waals surface area contributed by atoms with Gasteiger partial charge in [-0.15, -0.1) is 0 Å². The molecule has 0 radical (unpaired) electrons. The molecule has 0 saturated heterocycles. The van der Waals surface area contributed by atoms with Gasteiger partial charge in [0, 0.05) is 22.4 Å². The van der Waals surface area contributed by atoms with Crippen LogP contribution < -0.4 is 10.1 Å². The molecule has 0 spiro atoms. The summed E-state index contributed by atoms with van der Waals surface area (Å²) in [5.41, 5.74) is 2.20. The molecule has 156 valence electrons. The van der Waals surface area contributed by atoms with Gasteiger partial charge in [-0.05, 0) is 55.0 Å². The van der Waals surface area contributed by atoms with Gasteiger partial charge in [0.2, 0.25) is 0 Å². The zero-order valence-electron chi connectivity index (χ0n) is 16.6. The fraction of sp³-hybridized carbons (Fsp3) is 0.174. The number of rotatable bonds is 7. The standard InChI is InChI=1S/C23H22ClNO4S/c1-16(17-9-13-21(14-10-17)30(2,27)28)25-23(26)18-7-11-20(12-8-18)29-15-19-5-3-4-6-22(19)24/h3-14,16H,15H2,1-2H3,(H,25,26)/t16-/m0/s1. The van der Waals surface area contributed by atoms with E-state index >= 15 is 0 Å². The van der Waals surface area contributed by atoms with E-state index in [-0.39, 0.29) is 16.8 Å². The van der Waals surface area contributed by atoms with E-state index in [1.54, 1.807) is 48.5 Å². The number of carbonyl (C=O) groups excluding carboxylic acids is 1. The Bertz CT molecular complexity index is 1130. The van der Waals surface area contributed by atoms with E-state index in [2.05, 4.69) is 5.32 Å². The summed E-state index contributed by atoms with van der Waals surface area (Å²) in [6.45, 7) is 2.18. The van der Waals surface area contributed by atoms with E-state index in [1.165, 1.54) is 0 Å². The highest BCUT2D eigenvalue weighted by atomic mass is 35.5. The van der Waals surface area contributed by atoms with Crippen molar-refractivity contribution in [3.63, 3.8) is 0 Å². The van der Waals surface area contributed by atoms with Gasteiger partial charge in [0.05, 0.1) is 10.9 Å². The first-order chi connectivity index (χ1) is 14.2. The molecule has 0 bridgehead atoms. The van der Waals surface area contributed by atoms with Gasteiger partial charge in [-0.3, -0.25) is 4.79 Å². The number of benzene rings is 3. The largest absolute Gasteiger partial charge is 0.489 e. The highest BCUT2D eigenvalue weighted by Gasteiger charge is 2.13. The van der Waals surface area contributed by atoms with E-state index in [9.17, 15) is 13.2 Å². The van der Waals surface area contributed by atoms with Gasteiger partial charge >= 0.3 is 0 Å². The van der Waals surface area contributed by atoms with Gasteiger partial charge in [0.25, 0.3) is 5.91 Å². The highest BCUT2D eigenvalue weighted by molar-refractivity contribution is 7.90. The minimum atomic E-state index is -3.25. The first-order valence-corrected chi connectivity index (χ1v) is 11.6. The molecule has 0 aliphatic carbocycles. The van der Waals surface area contributed by atoms with Crippen LogP contribution >= 0.6 is 11.6 Å². The molecule has 0 aliphatic heterocycles. The average molecular weight is 444 g/mol. The van der Waals surface area contributed by atoms with Crippen molar-refractivity contribution in [1.29, 1.82) is 0 Å². The third kappa shape index (κ3) is 5.62. The van der Waals surface area contributed by atoms with Crippen LogP contribution in [0.5, 0.6) is 5.75 Å². The minimum Gasteiger partial charge on any atom is -0.489 e. The predicted molar refractivity (Wildman–Crippen MR) is 118 cm³/mol. The molecule has 0 heterocycles.